The first-order valence-electron chi connectivity index (χ1n) is 6.79. The van der Waals surface area contributed by atoms with Crippen LogP contribution in [0.5, 0.6) is 0 Å². The number of hydrogen-bond acceptors (Lipinski definition) is 4. The molecule has 0 aromatic carbocycles. The Morgan fingerprint density at radius 3 is 2.79 bits per heavy atom. The molecule has 0 radical (unpaired) electrons. The van der Waals surface area contributed by atoms with Gasteiger partial charge in [0.1, 0.15) is 11.4 Å². The summed E-state index contributed by atoms with van der Waals surface area (Å²) >= 11 is 0. The zero-order valence-electron chi connectivity index (χ0n) is 11.9. The van der Waals surface area contributed by atoms with Gasteiger partial charge in [0.2, 0.25) is 0 Å². The van der Waals surface area contributed by atoms with Gasteiger partial charge in [0.25, 0.3) is 5.91 Å². The Morgan fingerprint density at radius 2 is 2.21 bits per heavy atom. The van der Waals surface area contributed by atoms with E-state index in [0.717, 1.165) is 31.7 Å². The molecule has 1 amide bonds. The summed E-state index contributed by atoms with van der Waals surface area (Å²) in [6, 6.07) is 0.243. The molecule has 1 saturated heterocycles. The van der Waals surface area contributed by atoms with Gasteiger partial charge in [-0.15, -0.1) is 0 Å². The van der Waals surface area contributed by atoms with E-state index in [4.69, 9.17) is 11.5 Å². The van der Waals surface area contributed by atoms with E-state index in [1.165, 1.54) is 0 Å². The number of piperidine rings is 1. The molecular formula is C13H23N5O. The number of rotatable bonds is 3. The maximum absolute atomic E-state index is 11.6. The van der Waals surface area contributed by atoms with Crippen LogP contribution in [0.25, 0.3) is 0 Å². The van der Waals surface area contributed by atoms with Crippen LogP contribution in [0.15, 0.2) is 0 Å². The Kier molecular flexibility index (Phi) is 3.80. The van der Waals surface area contributed by atoms with Crippen molar-refractivity contribution in [2.75, 3.05) is 18.0 Å². The molecule has 2 rings (SSSR count). The van der Waals surface area contributed by atoms with Crippen LogP contribution >= 0.6 is 0 Å². The molecule has 0 spiro atoms. The number of aromatic nitrogens is 2. The van der Waals surface area contributed by atoms with Crippen LogP contribution in [0, 0.1) is 12.8 Å². The number of amides is 1. The molecule has 0 aliphatic carbocycles. The van der Waals surface area contributed by atoms with E-state index >= 15 is 0 Å². The van der Waals surface area contributed by atoms with E-state index in [0.29, 0.717) is 17.2 Å². The van der Waals surface area contributed by atoms with Crippen molar-refractivity contribution in [3.8, 4) is 0 Å². The summed E-state index contributed by atoms with van der Waals surface area (Å²) in [5.41, 5.74) is 12.8. The Hall–Kier alpha value is -1.56. The van der Waals surface area contributed by atoms with Crippen LogP contribution in [0.1, 0.15) is 35.8 Å². The van der Waals surface area contributed by atoms with E-state index in [1.54, 1.807) is 4.68 Å². The average Bonchev–Trinajstić information content (AvgIpc) is 2.65. The summed E-state index contributed by atoms with van der Waals surface area (Å²) in [7, 11) is 1.85. The minimum Gasteiger partial charge on any atom is -0.365 e. The quantitative estimate of drug-likeness (QED) is 0.827. The highest BCUT2D eigenvalue weighted by molar-refractivity contribution is 5.99. The number of primary amides is 1. The average molecular weight is 265 g/mol. The predicted octanol–water partition coefficient (Wildman–Crippen LogP) is 0.391. The zero-order valence-corrected chi connectivity index (χ0v) is 11.9. The number of hydrogen-bond donors (Lipinski definition) is 2. The third kappa shape index (κ3) is 2.45. The van der Waals surface area contributed by atoms with Gasteiger partial charge >= 0.3 is 0 Å². The Bertz CT molecular complexity index is 482. The standard InChI is InChI=1S/C13H23N5O/c1-4-9-7-18(6-5-10(9)14)13-11(12(15)19)8(2)16-17(13)3/h9-10H,4-7,14H2,1-3H3,(H2,15,19). The van der Waals surface area contributed by atoms with Crippen LogP contribution in [0.4, 0.5) is 5.82 Å². The summed E-state index contributed by atoms with van der Waals surface area (Å²) in [6.45, 7) is 5.67. The van der Waals surface area contributed by atoms with Gasteiger partial charge < -0.3 is 16.4 Å². The highest BCUT2D eigenvalue weighted by Crippen LogP contribution is 2.28. The van der Waals surface area contributed by atoms with E-state index in [-0.39, 0.29) is 6.04 Å². The second kappa shape index (κ2) is 5.21. The van der Waals surface area contributed by atoms with E-state index < -0.39 is 5.91 Å². The molecule has 2 heterocycles. The topological polar surface area (TPSA) is 90.2 Å². The summed E-state index contributed by atoms with van der Waals surface area (Å²) in [5.74, 6) is 0.864. The van der Waals surface area contributed by atoms with Crippen molar-refractivity contribution in [2.24, 2.45) is 24.4 Å². The van der Waals surface area contributed by atoms with Crippen LogP contribution in [-0.2, 0) is 7.05 Å². The highest BCUT2D eigenvalue weighted by atomic mass is 16.1. The van der Waals surface area contributed by atoms with E-state index in [9.17, 15) is 4.79 Å². The zero-order chi connectivity index (χ0) is 14.2. The van der Waals surface area contributed by atoms with Gasteiger partial charge in [-0.05, 0) is 19.3 Å². The van der Waals surface area contributed by atoms with Crippen LogP contribution in [0.2, 0.25) is 0 Å². The molecule has 6 heteroatoms. The van der Waals surface area contributed by atoms with Gasteiger partial charge in [0.15, 0.2) is 0 Å². The minimum atomic E-state index is -0.413. The first kappa shape index (κ1) is 13.9. The molecule has 1 aliphatic heterocycles. The van der Waals surface area contributed by atoms with Crippen molar-refractivity contribution >= 4 is 11.7 Å². The van der Waals surface area contributed by atoms with Crippen LogP contribution < -0.4 is 16.4 Å². The first-order chi connectivity index (χ1) is 8.95. The second-order valence-corrected chi connectivity index (χ2v) is 5.34. The van der Waals surface area contributed by atoms with Crippen molar-refractivity contribution < 1.29 is 4.79 Å². The summed E-state index contributed by atoms with van der Waals surface area (Å²) in [5, 5.41) is 4.32. The number of aryl methyl sites for hydroxylation is 2. The van der Waals surface area contributed by atoms with E-state index in [1.807, 2.05) is 14.0 Å². The lowest BCUT2D eigenvalue weighted by Gasteiger charge is -2.38. The normalized spacial score (nSPS) is 23.7. The largest absolute Gasteiger partial charge is 0.365 e. The third-order valence-corrected chi connectivity index (χ3v) is 4.05. The molecule has 1 aromatic heterocycles. The molecule has 2 atom stereocenters. The smallest absolute Gasteiger partial charge is 0.254 e. The summed E-state index contributed by atoms with van der Waals surface area (Å²) in [4.78, 5) is 13.8. The molecule has 2 unspecified atom stereocenters. The fourth-order valence-electron chi connectivity index (χ4n) is 2.97. The van der Waals surface area contributed by atoms with Crippen molar-refractivity contribution in [3.63, 3.8) is 0 Å². The Morgan fingerprint density at radius 1 is 1.53 bits per heavy atom. The molecule has 1 aromatic rings. The SMILES string of the molecule is CCC1CN(c2c(C(N)=O)c(C)nn2C)CCC1N. The maximum atomic E-state index is 11.6. The number of anilines is 1. The summed E-state index contributed by atoms with van der Waals surface area (Å²) < 4.78 is 1.75. The lowest BCUT2D eigenvalue weighted by molar-refractivity contribution is 0.1000. The molecule has 4 N–H and O–H groups in total. The Balaban J connectivity index is 2.34. The molecule has 1 aliphatic rings. The number of carbonyl (C=O) groups is 1. The fraction of sp³-hybridized carbons (Fsp3) is 0.692. The summed E-state index contributed by atoms with van der Waals surface area (Å²) in [6.07, 6.45) is 1.97. The molecule has 6 nitrogen and oxygen atoms in total. The van der Waals surface area contributed by atoms with Crippen LogP contribution in [0.3, 0.4) is 0 Å². The van der Waals surface area contributed by atoms with Crippen LogP contribution in [-0.4, -0.2) is 34.8 Å². The second-order valence-electron chi connectivity index (χ2n) is 5.34. The van der Waals surface area contributed by atoms with Crippen molar-refractivity contribution in [3.05, 3.63) is 11.3 Å². The molecule has 0 bridgehead atoms. The predicted molar refractivity (Wildman–Crippen MR) is 75.0 cm³/mol. The number of carbonyl (C=O) groups excluding carboxylic acids is 1. The van der Waals surface area contributed by atoms with Gasteiger partial charge in [-0.2, -0.15) is 5.10 Å². The number of nitrogens with two attached hydrogens (primary N) is 2. The lowest BCUT2D eigenvalue weighted by Crippen LogP contribution is -2.48. The van der Waals surface area contributed by atoms with Gasteiger partial charge in [-0.1, -0.05) is 13.3 Å². The monoisotopic (exact) mass is 265 g/mol. The first-order valence-corrected chi connectivity index (χ1v) is 6.79. The molecule has 19 heavy (non-hydrogen) atoms. The highest BCUT2D eigenvalue weighted by Gasteiger charge is 2.30. The Labute approximate surface area is 113 Å². The molecule has 106 valence electrons. The molecular weight excluding hydrogens is 242 g/mol. The van der Waals surface area contributed by atoms with Gasteiger partial charge in [-0.3, -0.25) is 9.48 Å². The van der Waals surface area contributed by atoms with Gasteiger partial charge in [0, 0.05) is 26.2 Å². The number of nitrogens with zero attached hydrogens (tertiary/aromatic N) is 3. The maximum Gasteiger partial charge on any atom is 0.254 e. The van der Waals surface area contributed by atoms with Gasteiger partial charge in [0.05, 0.1) is 5.69 Å². The van der Waals surface area contributed by atoms with Crippen molar-refractivity contribution in [2.45, 2.75) is 32.7 Å². The molecule has 0 saturated carbocycles. The minimum absolute atomic E-state index is 0.243. The van der Waals surface area contributed by atoms with Crippen molar-refractivity contribution in [1.82, 2.24) is 9.78 Å². The lowest BCUT2D eigenvalue weighted by atomic mass is 9.90. The van der Waals surface area contributed by atoms with Crippen molar-refractivity contribution in [1.29, 1.82) is 0 Å². The van der Waals surface area contributed by atoms with E-state index in [2.05, 4.69) is 16.9 Å². The molecule has 1 fully saturated rings. The third-order valence-electron chi connectivity index (χ3n) is 4.05. The van der Waals surface area contributed by atoms with Gasteiger partial charge in [-0.25, -0.2) is 0 Å². The fourth-order valence-corrected chi connectivity index (χ4v) is 2.97.